The summed E-state index contributed by atoms with van der Waals surface area (Å²) >= 11 is 0. The molecule has 7 nitrogen and oxygen atoms in total. The van der Waals surface area contributed by atoms with Crippen molar-refractivity contribution in [3.63, 3.8) is 0 Å². The molecule has 26 heavy (non-hydrogen) atoms. The first kappa shape index (κ1) is 19.7. The molecule has 0 aromatic heterocycles. The number of hydrogen-bond donors (Lipinski definition) is 0. The molecular formula is C19H23NO6. The van der Waals surface area contributed by atoms with E-state index in [1.54, 1.807) is 19.1 Å². The third-order valence-electron chi connectivity index (χ3n) is 3.51. The Morgan fingerprint density at radius 3 is 2.42 bits per heavy atom. The van der Waals surface area contributed by atoms with Crippen LogP contribution in [0.2, 0.25) is 0 Å². The zero-order valence-electron chi connectivity index (χ0n) is 15.4. The number of carbonyl (C=O) groups is 2. The molecule has 1 aromatic carbocycles. The van der Waals surface area contributed by atoms with Gasteiger partial charge in [-0.1, -0.05) is 0 Å². The van der Waals surface area contributed by atoms with E-state index in [1.165, 1.54) is 17.2 Å². The number of hydroxylamine groups is 2. The average Bonchev–Trinajstić information content (AvgIpc) is 2.94. The summed E-state index contributed by atoms with van der Waals surface area (Å²) in [5.41, 5.74) is 0.0733. The highest BCUT2D eigenvalue weighted by molar-refractivity contribution is 6.40. The van der Waals surface area contributed by atoms with Gasteiger partial charge in [0, 0.05) is 12.0 Å². The smallest absolute Gasteiger partial charge is 0.379 e. The van der Waals surface area contributed by atoms with Crippen LogP contribution in [0, 0.1) is 0 Å². The lowest BCUT2D eigenvalue weighted by Gasteiger charge is -2.27. The molecule has 0 bridgehead atoms. The molecule has 2 rings (SSSR count). The van der Waals surface area contributed by atoms with Crippen molar-refractivity contribution in [2.45, 2.75) is 45.8 Å². The lowest BCUT2D eigenvalue weighted by atomic mass is 10.1. The van der Waals surface area contributed by atoms with Crippen molar-refractivity contribution in [3.05, 3.63) is 35.5 Å². The van der Waals surface area contributed by atoms with Crippen LogP contribution < -0.4 is 4.74 Å². The first-order valence-electron chi connectivity index (χ1n) is 8.45. The van der Waals surface area contributed by atoms with Gasteiger partial charge in [0.05, 0.1) is 18.8 Å². The van der Waals surface area contributed by atoms with Gasteiger partial charge in [0.15, 0.2) is 17.7 Å². The maximum absolute atomic E-state index is 11.9. The highest BCUT2D eigenvalue weighted by atomic mass is 16.7. The Balaban J connectivity index is 2.04. The molecule has 7 heteroatoms. The number of Topliss-reactive ketones (excluding diaryl/α,β-unsaturated/α-hetero) is 1. The van der Waals surface area contributed by atoms with Crippen molar-refractivity contribution >= 4 is 17.7 Å². The molecule has 1 aliphatic rings. The summed E-state index contributed by atoms with van der Waals surface area (Å²) in [5, 5.41) is 1.51. The molecule has 0 spiro atoms. The molecule has 1 heterocycles. The van der Waals surface area contributed by atoms with Crippen LogP contribution in [-0.4, -0.2) is 47.6 Å². The van der Waals surface area contributed by atoms with E-state index < -0.39 is 23.5 Å². The first-order valence-corrected chi connectivity index (χ1v) is 8.45. The van der Waals surface area contributed by atoms with Crippen LogP contribution >= 0.6 is 0 Å². The molecule has 1 aromatic rings. The molecule has 1 saturated heterocycles. The second-order valence-electron chi connectivity index (χ2n) is 6.76. The van der Waals surface area contributed by atoms with Gasteiger partial charge in [-0.3, -0.25) is 9.63 Å². The van der Waals surface area contributed by atoms with E-state index in [0.29, 0.717) is 24.4 Å². The molecule has 1 aliphatic heterocycles. The van der Waals surface area contributed by atoms with Crippen LogP contribution in [0.1, 0.15) is 44.5 Å². The second kappa shape index (κ2) is 8.17. The van der Waals surface area contributed by atoms with Gasteiger partial charge in [-0.2, -0.15) is 0 Å². The molecule has 0 N–H and O–H groups in total. The summed E-state index contributed by atoms with van der Waals surface area (Å²) in [6.45, 7) is 7.97. The third-order valence-corrected chi connectivity index (χ3v) is 3.51. The van der Waals surface area contributed by atoms with Crippen molar-refractivity contribution < 1.29 is 28.7 Å². The SMILES string of the molecule is CCOC(=O)C(=O)c1ccc(O[C@H]2CCN(OC(C)(C)C)C2=C=O)cc1. The predicted molar refractivity (Wildman–Crippen MR) is 93.2 cm³/mol. The minimum absolute atomic E-state index is 0.140. The standard InChI is InChI=1S/C19H23NO6/c1-5-24-18(23)17(22)13-6-8-14(9-7-13)25-16-10-11-20(15(16)12-21)26-19(2,3)4/h6-9,16H,5,10-11H2,1-4H3/t16-/m0/s1. The number of ketones is 1. The van der Waals surface area contributed by atoms with Gasteiger partial charge >= 0.3 is 5.97 Å². The maximum Gasteiger partial charge on any atom is 0.379 e. The van der Waals surface area contributed by atoms with Gasteiger partial charge in [0.2, 0.25) is 0 Å². The summed E-state index contributed by atoms with van der Waals surface area (Å²) in [6.07, 6.45) is 0.0888. The molecule has 140 valence electrons. The van der Waals surface area contributed by atoms with Crippen molar-refractivity contribution in [2.75, 3.05) is 13.2 Å². The lowest BCUT2D eigenvalue weighted by Crippen LogP contribution is -2.32. The molecule has 1 atom stereocenters. The Labute approximate surface area is 152 Å². The van der Waals surface area contributed by atoms with Crippen LogP contribution in [0.25, 0.3) is 0 Å². The lowest BCUT2D eigenvalue weighted by molar-refractivity contribution is -0.198. The zero-order chi connectivity index (χ0) is 19.3. The minimum atomic E-state index is -0.891. The molecule has 1 fully saturated rings. The number of carbonyl (C=O) groups excluding carboxylic acids is 3. The number of ether oxygens (including phenoxy) is 2. The highest BCUT2D eigenvalue weighted by Crippen LogP contribution is 2.28. The van der Waals surface area contributed by atoms with Gasteiger partial charge in [-0.05, 0) is 52.0 Å². The molecule has 0 amide bonds. The van der Waals surface area contributed by atoms with Crippen molar-refractivity contribution in [1.29, 1.82) is 0 Å². The molecular weight excluding hydrogens is 338 g/mol. The summed E-state index contributed by atoms with van der Waals surface area (Å²) < 4.78 is 10.5. The van der Waals surface area contributed by atoms with Gasteiger partial charge < -0.3 is 9.47 Å². The summed E-state index contributed by atoms with van der Waals surface area (Å²) in [6, 6.07) is 6.11. The van der Waals surface area contributed by atoms with E-state index in [2.05, 4.69) is 0 Å². The van der Waals surface area contributed by atoms with E-state index >= 15 is 0 Å². The highest BCUT2D eigenvalue weighted by Gasteiger charge is 2.34. The minimum Gasteiger partial charge on any atom is -0.483 e. The Bertz CT molecular complexity index is 713. The second-order valence-corrected chi connectivity index (χ2v) is 6.76. The number of benzene rings is 1. The summed E-state index contributed by atoms with van der Waals surface area (Å²) in [5.74, 6) is 0.764. The largest absolute Gasteiger partial charge is 0.483 e. The average molecular weight is 361 g/mol. The molecule has 0 saturated carbocycles. The Morgan fingerprint density at radius 2 is 1.88 bits per heavy atom. The predicted octanol–water partition coefficient (Wildman–Crippen LogP) is 2.33. The summed E-state index contributed by atoms with van der Waals surface area (Å²) in [4.78, 5) is 40.4. The van der Waals surface area contributed by atoms with Gasteiger partial charge in [0.25, 0.3) is 5.78 Å². The van der Waals surface area contributed by atoms with Crippen LogP contribution in [0.4, 0.5) is 0 Å². The van der Waals surface area contributed by atoms with Crippen LogP contribution in [0.3, 0.4) is 0 Å². The van der Waals surface area contributed by atoms with E-state index in [0.717, 1.165) is 0 Å². The zero-order valence-corrected chi connectivity index (χ0v) is 15.4. The fourth-order valence-corrected chi connectivity index (χ4v) is 2.47. The fourth-order valence-electron chi connectivity index (χ4n) is 2.47. The Morgan fingerprint density at radius 1 is 1.23 bits per heavy atom. The number of nitrogens with zero attached hydrogens (tertiary/aromatic N) is 1. The normalized spacial score (nSPS) is 17.0. The maximum atomic E-state index is 11.9. The number of hydrogen-bond acceptors (Lipinski definition) is 7. The van der Waals surface area contributed by atoms with Gasteiger partial charge in [-0.15, -0.1) is 0 Å². The van der Waals surface area contributed by atoms with Crippen molar-refractivity contribution in [3.8, 4) is 5.75 Å². The Hall–Kier alpha value is -2.63. The first-order chi connectivity index (χ1) is 12.2. The van der Waals surface area contributed by atoms with Crippen LogP contribution in [0.5, 0.6) is 5.75 Å². The summed E-state index contributed by atoms with van der Waals surface area (Å²) in [7, 11) is 0. The molecule has 0 unspecified atom stereocenters. The molecule has 0 radical (unpaired) electrons. The van der Waals surface area contributed by atoms with Gasteiger partial charge in [0.1, 0.15) is 5.75 Å². The quantitative estimate of drug-likeness (QED) is 0.333. The van der Waals surface area contributed by atoms with Crippen molar-refractivity contribution in [2.24, 2.45) is 0 Å². The van der Waals surface area contributed by atoms with Crippen LogP contribution in [-0.2, 0) is 19.2 Å². The number of rotatable bonds is 6. The monoisotopic (exact) mass is 361 g/mol. The van der Waals surface area contributed by atoms with E-state index in [9.17, 15) is 14.4 Å². The molecule has 0 aliphatic carbocycles. The van der Waals surface area contributed by atoms with E-state index in [4.69, 9.17) is 14.3 Å². The number of esters is 1. The van der Waals surface area contributed by atoms with Gasteiger partial charge in [-0.25, -0.2) is 14.7 Å². The fraction of sp³-hybridized carbons (Fsp3) is 0.474. The Kier molecular flexibility index (Phi) is 6.18. The van der Waals surface area contributed by atoms with E-state index in [-0.39, 0.29) is 12.2 Å². The van der Waals surface area contributed by atoms with E-state index in [1.807, 2.05) is 26.7 Å². The van der Waals surface area contributed by atoms with Crippen LogP contribution in [0.15, 0.2) is 30.0 Å². The topological polar surface area (TPSA) is 82.1 Å². The van der Waals surface area contributed by atoms with Crippen molar-refractivity contribution in [1.82, 2.24) is 5.06 Å². The third kappa shape index (κ3) is 4.94.